The number of carbonyl (C=O) groups is 1. The fourth-order valence-electron chi connectivity index (χ4n) is 3.19. The Morgan fingerprint density at radius 1 is 1.17 bits per heavy atom. The molecule has 1 unspecified atom stereocenters. The van der Waals surface area contributed by atoms with Crippen LogP contribution in [0.2, 0.25) is 0 Å². The van der Waals surface area contributed by atoms with Gasteiger partial charge < -0.3 is 14.4 Å². The molecule has 162 valence electrons. The molecule has 3 heterocycles. The minimum atomic E-state index is -4.54. The number of likely N-dealkylation sites (N-methyl/N-ethyl adjacent to an activating group) is 1. The molecule has 5 nitrogen and oxygen atoms in total. The number of hydrogen-bond donors (Lipinski definition) is 0. The fraction of sp³-hybridized carbons (Fsp3) is 0.381. The van der Waals surface area contributed by atoms with E-state index in [9.17, 15) is 22.4 Å². The quantitative estimate of drug-likeness (QED) is 0.532. The number of nitrogens with zero attached hydrogens (tertiary/aromatic N) is 2. The van der Waals surface area contributed by atoms with E-state index in [-0.39, 0.29) is 11.3 Å². The Labute approximate surface area is 171 Å². The molecule has 1 atom stereocenters. The number of aldehydes is 1. The van der Waals surface area contributed by atoms with E-state index in [1.54, 1.807) is 11.9 Å². The van der Waals surface area contributed by atoms with Gasteiger partial charge in [-0.3, -0.25) is 9.69 Å². The van der Waals surface area contributed by atoms with Crippen molar-refractivity contribution in [1.29, 1.82) is 0 Å². The average Bonchev–Trinajstić information content (AvgIpc) is 3.11. The molecule has 30 heavy (non-hydrogen) atoms. The van der Waals surface area contributed by atoms with Crippen LogP contribution in [-0.4, -0.2) is 50.0 Å². The highest BCUT2D eigenvalue weighted by Gasteiger charge is 2.44. The Bertz CT molecular complexity index is 854. The molecule has 1 saturated heterocycles. The SMILES string of the molecule is Cc1cc(N2CCN(C)C2C=O)ccc1OC(F)(F)C(F)F.c1cc2ccc1CO2. The van der Waals surface area contributed by atoms with Crippen molar-refractivity contribution >= 4 is 12.0 Å². The van der Waals surface area contributed by atoms with Crippen molar-refractivity contribution in [3.8, 4) is 11.5 Å². The van der Waals surface area contributed by atoms with E-state index < -0.39 is 18.7 Å². The van der Waals surface area contributed by atoms with E-state index in [4.69, 9.17) is 4.74 Å². The Balaban J connectivity index is 0.000000263. The monoisotopic (exact) mass is 426 g/mol. The van der Waals surface area contributed by atoms with Gasteiger partial charge in [0.1, 0.15) is 24.3 Å². The first-order valence-corrected chi connectivity index (χ1v) is 9.31. The molecular weight excluding hydrogens is 404 g/mol. The third-order valence-electron chi connectivity index (χ3n) is 4.91. The first-order valence-electron chi connectivity index (χ1n) is 9.31. The lowest BCUT2D eigenvalue weighted by atomic mass is 10.2. The summed E-state index contributed by atoms with van der Waals surface area (Å²) < 4.78 is 59.5. The molecule has 2 aromatic carbocycles. The van der Waals surface area contributed by atoms with Crippen molar-refractivity contribution in [2.75, 3.05) is 25.0 Å². The highest BCUT2D eigenvalue weighted by atomic mass is 19.3. The van der Waals surface area contributed by atoms with Crippen molar-refractivity contribution in [2.24, 2.45) is 0 Å². The first kappa shape index (κ1) is 21.9. The van der Waals surface area contributed by atoms with Gasteiger partial charge in [-0.05, 0) is 55.4 Å². The molecule has 2 aromatic rings. The molecule has 0 aromatic heterocycles. The van der Waals surface area contributed by atoms with Crippen LogP contribution in [0.5, 0.6) is 11.5 Å². The largest absolute Gasteiger partial charge is 0.489 e. The molecule has 3 aliphatic rings. The molecule has 1 fully saturated rings. The third-order valence-corrected chi connectivity index (χ3v) is 4.91. The van der Waals surface area contributed by atoms with E-state index in [0.29, 0.717) is 18.8 Å². The summed E-state index contributed by atoms with van der Waals surface area (Å²) in [5.74, 6) is 0.671. The highest BCUT2D eigenvalue weighted by molar-refractivity contribution is 5.67. The second kappa shape index (κ2) is 8.91. The van der Waals surface area contributed by atoms with Gasteiger partial charge in [-0.1, -0.05) is 12.1 Å². The minimum absolute atomic E-state index is 0.289. The molecule has 9 heteroatoms. The van der Waals surface area contributed by atoms with Crippen molar-refractivity contribution in [1.82, 2.24) is 4.90 Å². The van der Waals surface area contributed by atoms with Crippen molar-refractivity contribution in [2.45, 2.75) is 32.2 Å². The number of anilines is 1. The van der Waals surface area contributed by atoms with Crippen LogP contribution in [0.1, 0.15) is 11.1 Å². The van der Waals surface area contributed by atoms with Gasteiger partial charge in [0.25, 0.3) is 0 Å². The Morgan fingerprint density at radius 2 is 1.87 bits per heavy atom. The van der Waals surface area contributed by atoms with Crippen LogP contribution in [0.15, 0.2) is 42.5 Å². The number of halogens is 4. The summed E-state index contributed by atoms with van der Waals surface area (Å²) >= 11 is 0. The van der Waals surface area contributed by atoms with Crippen LogP contribution < -0.4 is 14.4 Å². The van der Waals surface area contributed by atoms with E-state index in [2.05, 4.69) is 16.9 Å². The molecule has 0 amide bonds. The second-order valence-corrected chi connectivity index (χ2v) is 7.07. The fourth-order valence-corrected chi connectivity index (χ4v) is 3.19. The first-order chi connectivity index (χ1) is 14.2. The Kier molecular flexibility index (Phi) is 6.50. The average molecular weight is 426 g/mol. The summed E-state index contributed by atoms with van der Waals surface area (Å²) in [6, 6.07) is 12.3. The molecule has 0 aliphatic carbocycles. The van der Waals surface area contributed by atoms with Gasteiger partial charge in [0.2, 0.25) is 0 Å². The van der Waals surface area contributed by atoms with Crippen LogP contribution >= 0.6 is 0 Å². The molecule has 0 saturated carbocycles. The Hall–Kier alpha value is -2.81. The number of fused-ring (bicyclic) bond motifs is 3. The maximum atomic E-state index is 12.9. The van der Waals surface area contributed by atoms with Crippen molar-refractivity contribution in [3.05, 3.63) is 53.6 Å². The van der Waals surface area contributed by atoms with Gasteiger partial charge in [0.05, 0.1) is 0 Å². The van der Waals surface area contributed by atoms with E-state index >= 15 is 0 Å². The maximum absolute atomic E-state index is 12.9. The molecule has 0 spiro atoms. The van der Waals surface area contributed by atoms with Crippen molar-refractivity contribution < 1.29 is 31.8 Å². The number of carbonyl (C=O) groups excluding carboxylic acids is 1. The zero-order chi connectivity index (χ0) is 21.9. The van der Waals surface area contributed by atoms with Gasteiger partial charge in [-0.25, -0.2) is 0 Å². The number of alkyl halides is 4. The van der Waals surface area contributed by atoms with Gasteiger partial charge in [0.15, 0.2) is 6.29 Å². The van der Waals surface area contributed by atoms with E-state index in [0.717, 1.165) is 18.6 Å². The van der Waals surface area contributed by atoms with Gasteiger partial charge in [-0.2, -0.15) is 17.6 Å². The summed E-state index contributed by atoms with van der Waals surface area (Å²) in [6.07, 6.45) is -8.09. The standard InChI is InChI=1S/C14H16F4N2O2.C7H6O/c1-9-7-10(20-6-5-19(2)12(20)8-21)3-4-11(9)22-14(17,18)13(15)16;1-3-7-4-2-6(1)5-8-7/h3-4,7-8,12-13H,5-6H2,1-2H3;1-4H,5H2. The van der Waals surface area contributed by atoms with Crippen LogP contribution in [-0.2, 0) is 11.4 Å². The summed E-state index contributed by atoms with van der Waals surface area (Å²) in [5.41, 5.74) is 2.20. The van der Waals surface area contributed by atoms with Crippen LogP contribution in [0, 0.1) is 6.92 Å². The highest BCUT2D eigenvalue weighted by Crippen LogP contribution is 2.33. The second-order valence-electron chi connectivity index (χ2n) is 7.07. The number of ether oxygens (including phenoxy) is 2. The molecule has 0 N–H and O–H groups in total. The number of benzene rings is 2. The number of rotatable bonds is 5. The lowest BCUT2D eigenvalue weighted by molar-refractivity contribution is -0.253. The van der Waals surface area contributed by atoms with Crippen LogP contribution in [0.25, 0.3) is 0 Å². The minimum Gasteiger partial charge on any atom is -0.489 e. The lowest BCUT2D eigenvalue weighted by Crippen LogP contribution is -2.38. The predicted molar refractivity (Wildman–Crippen MR) is 103 cm³/mol. The normalized spacial score (nSPS) is 18.1. The summed E-state index contributed by atoms with van der Waals surface area (Å²) in [4.78, 5) is 14.8. The molecular formula is C21H22F4N2O3. The summed E-state index contributed by atoms with van der Waals surface area (Å²) in [5, 5.41) is 0. The van der Waals surface area contributed by atoms with Crippen LogP contribution in [0.3, 0.4) is 0 Å². The predicted octanol–water partition coefficient (Wildman–Crippen LogP) is 4.09. The zero-order valence-electron chi connectivity index (χ0n) is 16.5. The topological polar surface area (TPSA) is 42.0 Å². The molecule has 0 radical (unpaired) electrons. The maximum Gasteiger partial charge on any atom is 0.461 e. The third kappa shape index (κ3) is 4.84. The summed E-state index contributed by atoms with van der Waals surface area (Å²) in [6.45, 7) is 3.54. The lowest BCUT2D eigenvalue weighted by Gasteiger charge is -2.26. The van der Waals surface area contributed by atoms with Gasteiger partial charge in [-0.15, -0.1) is 0 Å². The van der Waals surface area contributed by atoms with E-state index in [1.807, 2.05) is 17.0 Å². The molecule has 3 aliphatic heterocycles. The smallest absolute Gasteiger partial charge is 0.461 e. The number of hydrogen-bond acceptors (Lipinski definition) is 5. The van der Waals surface area contributed by atoms with Crippen molar-refractivity contribution in [3.63, 3.8) is 0 Å². The van der Waals surface area contributed by atoms with Gasteiger partial charge in [0, 0.05) is 18.8 Å². The molecule has 2 bridgehead atoms. The number of aryl methyl sites for hydroxylation is 1. The molecule has 5 rings (SSSR count). The Morgan fingerprint density at radius 3 is 2.30 bits per heavy atom. The van der Waals surface area contributed by atoms with E-state index in [1.165, 1.54) is 30.7 Å². The summed E-state index contributed by atoms with van der Waals surface area (Å²) in [7, 11) is 1.80. The van der Waals surface area contributed by atoms with Gasteiger partial charge >= 0.3 is 12.5 Å². The van der Waals surface area contributed by atoms with Crippen LogP contribution in [0.4, 0.5) is 23.2 Å². The zero-order valence-corrected chi connectivity index (χ0v) is 16.5.